The van der Waals surface area contributed by atoms with E-state index in [1.807, 2.05) is 7.11 Å². The molecular weight excluding hydrogens is 210 g/mol. The minimum Gasteiger partial charge on any atom is -0.379 e. The summed E-state index contributed by atoms with van der Waals surface area (Å²) in [4.78, 5) is 0. The van der Waals surface area contributed by atoms with Crippen LogP contribution in [0.15, 0.2) is 0 Å². The summed E-state index contributed by atoms with van der Waals surface area (Å²) in [6.45, 7) is 10.3. The third-order valence-electron chi connectivity index (χ3n) is 4.61. The van der Waals surface area contributed by atoms with Crippen molar-refractivity contribution >= 4 is 0 Å². The molecule has 0 radical (unpaired) electrons. The topological polar surface area (TPSA) is 21.3 Å². The van der Waals surface area contributed by atoms with Gasteiger partial charge in [-0.25, -0.2) is 0 Å². The molecule has 1 fully saturated rings. The summed E-state index contributed by atoms with van der Waals surface area (Å²) in [5.74, 6) is 0.702. The molecule has 0 aromatic carbocycles. The summed E-state index contributed by atoms with van der Waals surface area (Å²) in [7, 11) is 1.82. The molecule has 1 atom stereocenters. The molecule has 1 aliphatic heterocycles. The van der Waals surface area contributed by atoms with E-state index < -0.39 is 0 Å². The van der Waals surface area contributed by atoms with Gasteiger partial charge < -0.3 is 10.1 Å². The van der Waals surface area contributed by atoms with E-state index >= 15 is 0 Å². The average Bonchev–Trinajstić information content (AvgIpc) is 2.53. The SMILES string of the molecule is COC(C)(C)CCC1(C(C)C)CCCCCN1. The number of nitrogens with one attached hydrogen (secondary N) is 1. The van der Waals surface area contributed by atoms with Crippen molar-refractivity contribution in [2.45, 2.75) is 77.4 Å². The van der Waals surface area contributed by atoms with Crippen molar-refractivity contribution in [1.29, 1.82) is 0 Å². The van der Waals surface area contributed by atoms with Gasteiger partial charge in [0.15, 0.2) is 0 Å². The Kier molecular flexibility index (Phi) is 5.46. The monoisotopic (exact) mass is 241 g/mol. The highest BCUT2D eigenvalue weighted by atomic mass is 16.5. The molecule has 0 saturated carbocycles. The van der Waals surface area contributed by atoms with Gasteiger partial charge in [-0.05, 0) is 52.0 Å². The third kappa shape index (κ3) is 4.26. The lowest BCUT2D eigenvalue weighted by Crippen LogP contribution is -2.50. The fourth-order valence-corrected chi connectivity index (χ4v) is 2.79. The second-order valence-electron chi connectivity index (χ2n) is 6.51. The molecule has 2 nitrogen and oxygen atoms in total. The molecule has 1 saturated heterocycles. The van der Waals surface area contributed by atoms with Crippen LogP contribution in [0, 0.1) is 5.92 Å². The minimum absolute atomic E-state index is 0.00980. The molecule has 1 unspecified atom stereocenters. The van der Waals surface area contributed by atoms with Crippen molar-refractivity contribution in [3.8, 4) is 0 Å². The number of methoxy groups -OCH3 is 1. The van der Waals surface area contributed by atoms with Crippen molar-refractivity contribution in [2.24, 2.45) is 5.92 Å². The second kappa shape index (κ2) is 6.19. The van der Waals surface area contributed by atoms with E-state index in [2.05, 4.69) is 33.0 Å². The lowest BCUT2D eigenvalue weighted by molar-refractivity contribution is 0.00353. The van der Waals surface area contributed by atoms with Crippen LogP contribution in [0.3, 0.4) is 0 Å². The van der Waals surface area contributed by atoms with Gasteiger partial charge in [0.05, 0.1) is 5.60 Å². The number of hydrogen-bond acceptors (Lipinski definition) is 2. The molecule has 1 aliphatic rings. The zero-order valence-corrected chi connectivity index (χ0v) is 12.4. The Morgan fingerprint density at radius 3 is 2.53 bits per heavy atom. The van der Waals surface area contributed by atoms with E-state index in [-0.39, 0.29) is 5.60 Å². The van der Waals surface area contributed by atoms with Crippen molar-refractivity contribution in [3.63, 3.8) is 0 Å². The maximum Gasteiger partial charge on any atom is 0.0623 e. The maximum atomic E-state index is 5.56. The van der Waals surface area contributed by atoms with Gasteiger partial charge >= 0.3 is 0 Å². The molecule has 0 aliphatic carbocycles. The summed E-state index contributed by atoms with van der Waals surface area (Å²) in [6.07, 6.45) is 7.78. The van der Waals surface area contributed by atoms with Gasteiger partial charge in [-0.15, -0.1) is 0 Å². The smallest absolute Gasteiger partial charge is 0.0623 e. The van der Waals surface area contributed by atoms with Gasteiger partial charge in [-0.3, -0.25) is 0 Å². The van der Waals surface area contributed by atoms with Crippen molar-refractivity contribution in [3.05, 3.63) is 0 Å². The van der Waals surface area contributed by atoms with Crippen LogP contribution in [-0.2, 0) is 4.74 Å². The predicted molar refractivity (Wildman–Crippen MR) is 74.4 cm³/mol. The lowest BCUT2D eigenvalue weighted by Gasteiger charge is -2.40. The van der Waals surface area contributed by atoms with Crippen LogP contribution in [0.1, 0.15) is 66.2 Å². The van der Waals surface area contributed by atoms with Gasteiger partial charge in [0, 0.05) is 12.6 Å². The van der Waals surface area contributed by atoms with Gasteiger partial charge in [0.1, 0.15) is 0 Å². The number of ether oxygens (including phenoxy) is 1. The van der Waals surface area contributed by atoms with Gasteiger partial charge in [0.2, 0.25) is 0 Å². The Morgan fingerprint density at radius 1 is 1.24 bits per heavy atom. The highest BCUT2D eigenvalue weighted by Crippen LogP contribution is 2.33. The first-order valence-corrected chi connectivity index (χ1v) is 7.22. The molecular formula is C15H31NO. The summed E-state index contributed by atoms with van der Waals surface area (Å²) >= 11 is 0. The van der Waals surface area contributed by atoms with Gasteiger partial charge in [-0.2, -0.15) is 0 Å². The van der Waals surface area contributed by atoms with Crippen LogP contribution in [0.5, 0.6) is 0 Å². The summed E-state index contributed by atoms with van der Waals surface area (Å²) < 4.78 is 5.56. The van der Waals surface area contributed by atoms with Crippen LogP contribution in [0.2, 0.25) is 0 Å². The van der Waals surface area contributed by atoms with Crippen molar-refractivity contribution in [1.82, 2.24) is 5.32 Å². The van der Waals surface area contributed by atoms with Crippen molar-refractivity contribution < 1.29 is 4.74 Å². The Balaban J connectivity index is 2.64. The standard InChI is InChI=1S/C15H31NO/c1-13(2)15(9-7-6-8-12-16-15)11-10-14(3,4)17-5/h13,16H,6-12H2,1-5H3. The molecule has 1 heterocycles. The Hall–Kier alpha value is -0.0800. The zero-order valence-electron chi connectivity index (χ0n) is 12.4. The summed E-state index contributed by atoms with van der Waals surface area (Å²) in [5, 5.41) is 3.84. The molecule has 0 bridgehead atoms. The summed E-state index contributed by atoms with van der Waals surface area (Å²) in [6, 6.07) is 0. The van der Waals surface area contributed by atoms with E-state index in [1.165, 1.54) is 38.6 Å². The molecule has 0 aromatic heterocycles. The van der Waals surface area contributed by atoms with Crippen LogP contribution in [0.4, 0.5) is 0 Å². The molecule has 0 aromatic rings. The maximum absolute atomic E-state index is 5.56. The first-order chi connectivity index (χ1) is 7.92. The normalized spacial score (nSPS) is 27.2. The fraction of sp³-hybridized carbons (Fsp3) is 1.00. The molecule has 1 rings (SSSR count). The zero-order chi connectivity index (χ0) is 12.9. The molecule has 0 spiro atoms. The molecule has 17 heavy (non-hydrogen) atoms. The Labute approximate surface area is 108 Å². The Bertz CT molecular complexity index is 215. The molecule has 102 valence electrons. The molecule has 1 N–H and O–H groups in total. The largest absolute Gasteiger partial charge is 0.379 e. The lowest BCUT2D eigenvalue weighted by atomic mass is 9.77. The van der Waals surface area contributed by atoms with E-state index in [0.29, 0.717) is 11.5 Å². The van der Waals surface area contributed by atoms with Gasteiger partial charge in [-0.1, -0.05) is 26.7 Å². The van der Waals surface area contributed by atoms with Crippen LogP contribution in [0.25, 0.3) is 0 Å². The second-order valence-corrected chi connectivity index (χ2v) is 6.51. The van der Waals surface area contributed by atoms with Crippen LogP contribution >= 0.6 is 0 Å². The van der Waals surface area contributed by atoms with Crippen molar-refractivity contribution in [2.75, 3.05) is 13.7 Å². The van der Waals surface area contributed by atoms with E-state index in [0.717, 1.165) is 6.42 Å². The quantitative estimate of drug-likeness (QED) is 0.791. The van der Waals surface area contributed by atoms with E-state index in [9.17, 15) is 0 Å². The first kappa shape index (κ1) is 15.0. The predicted octanol–water partition coefficient (Wildman–Crippen LogP) is 3.75. The highest BCUT2D eigenvalue weighted by Gasteiger charge is 2.35. The van der Waals surface area contributed by atoms with Gasteiger partial charge in [0.25, 0.3) is 0 Å². The van der Waals surface area contributed by atoms with Crippen LogP contribution < -0.4 is 5.32 Å². The minimum atomic E-state index is 0.00980. The first-order valence-electron chi connectivity index (χ1n) is 7.22. The van der Waals surface area contributed by atoms with E-state index in [4.69, 9.17) is 4.74 Å². The third-order valence-corrected chi connectivity index (χ3v) is 4.61. The fourth-order valence-electron chi connectivity index (χ4n) is 2.79. The Morgan fingerprint density at radius 2 is 1.94 bits per heavy atom. The molecule has 0 amide bonds. The summed E-state index contributed by atoms with van der Waals surface area (Å²) in [5.41, 5.74) is 0.349. The van der Waals surface area contributed by atoms with E-state index in [1.54, 1.807) is 0 Å². The number of rotatable bonds is 5. The molecule has 2 heteroatoms. The highest BCUT2D eigenvalue weighted by molar-refractivity contribution is 4.93. The van der Waals surface area contributed by atoms with Crippen LogP contribution in [-0.4, -0.2) is 24.8 Å². The number of hydrogen-bond donors (Lipinski definition) is 1. The average molecular weight is 241 g/mol.